The zero-order chi connectivity index (χ0) is 13.0. The SMILES string of the molecule is COc1c(C)cnc(CNCc2cncs2)c1C. The molecule has 0 unspecified atom stereocenters. The summed E-state index contributed by atoms with van der Waals surface area (Å²) in [6.07, 6.45) is 3.74. The van der Waals surface area contributed by atoms with Gasteiger partial charge in [0.15, 0.2) is 0 Å². The van der Waals surface area contributed by atoms with Crippen LogP contribution < -0.4 is 10.1 Å². The quantitative estimate of drug-likeness (QED) is 0.900. The van der Waals surface area contributed by atoms with Gasteiger partial charge in [0.25, 0.3) is 0 Å². The van der Waals surface area contributed by atoms with Crippen LogP contribution in [0.5, 0.6) is 5.75 Å². The summed E-state index contributed by atoms with van der Waals surface area (Å²) in [5.41, 5.74) is 5.05. The first-order valence-electron chi connectivity index (χ1n) is 5.79. The highest BCUT2D eigenvalue weighted by molar-refractivity contribution is 7.09. The van der Waals surface area contributed by atoms with Crippen molar-refractivity contribution in [1.82, 2.24) is 15.3 Å². The van der Waals surface area contributed by atoms with Crippen molar-refractivity contribution in [2.24, 2.45) is 0 Å². The Bertz CT molecular complexity index is 511. The molecule has 0 atom stereocenters. The number of thiazole rings is 1. The van der Waals surface area contributed by atoms with Crippen molar-refractivity contribution in [2.45, 2.75) is 26.9 Å². The van der Waals surface area contributed by atoms with E-state index in [4.69, 9.17) is 4.74 Å². The number of rotatable bonds is 5. The van der Waals surface area contributed by atoms with Gasteiger partial charge in [0.1, 0.15) is 5.75 Å². The van der Waals surface area contributed by atoms with Gasteiger partial charge in [-0.05, 0) is 13.8 Å². The van der Waals surface area contributed by atoms with Crippen LogP contribution >= 0.6 is 11.3 Å². The first kappa shape index (κ1) is 13.0. The Morgan fingerprint density at radius 2 is 2.11 bits per heavy atom. The number of pyridine rings is 1. The molecule has 0 saturated carbocycles. The molecule has 0 spiro atoms. The Kier molecular flexibility index (Phi) is 4.28. The van der Waals surface area contributed by atoms with Crippen molar-refractivity contribution in [3.05, 3.63) is 39.6 Å². The van der Waals surface area contributed by atoms with Crippen molar-refractivity contribution in [3.8, 4) is 5.75 Å². The Morgan fingerprint density at radius 3 is 2.78 bits per heavy atom. The fraction of sp³-hybridized carbons (Fsp3) is 0.385. The molecule has 0 amide bonds. The third-order valence-corrected chi connectivity index (χ3v) is 3.60. The number of hydrogen-bond acceptors (Lipinski definition) is 5. The molecule has 0 saturated heterocycles. The minimum Gasteiger partial charge on any atom is -0.496 e. The Balaban J connectivity index is 2.01. The third-order valence-electron chi connectivity index (χ3n) is 2.82. The van der Waals surface area contributed by atoms with Gasteiger partial charge >= 0.3 is 0 Å². The summed E-state index contributed by atoms with van der Waals surface area (Å²) in [5.74, 6) is 0.930. The van der Waals surface area contributed by atoms with Crippen LogP contribution in [-0.4, -0.2) is 17.1 Å². The second kappa shape index (κ2) is 5.93. The van der Waals surface area contributed by atoms with Crippen LogP contribution in [0.1, 0.15) is 21.7 Å². The molecular weight excluding hydrogens is 246 g/mol. The average Bonchev–Trinajstić information content (AvgIpc) is 2.86. The Labute approximate surface area is 111 Å². The molecule has 2 rings (SSSR count). The summed E-state index contributed by atoms with van der Waals surface area (Å²) in [4.78, 5) is 9.73. The maximum absolute atomic E-state index is 5.39. The molecule has 0 bridgehead atoms. The summed E-state index contributed by atoms with van der Waals surface area (Å²) >= 11 is 1.65. The second-order valence-corrected chi connectivity index (χ2v) is 5.09. The van der Waals surface area contributed by atoms with E-state index in [9.17, 15) is 0 Å². The normalized spacial score (nSPS) is 10.6. The molecule has 0 aromatic carbocycles. The predicted molar refractivity (Wildman–Crippen MR) is 72.9 cm³/mol. The van der Waals surface area contributed by atoms with Gasteiger partial charge in [0.2, 0.25) is 0 Å². The molecule has 0 aliphatic heterocycles. The van der Waals surface area contributed by atoms with Crippen LogP contribution in [0.4, 0.5) is 0 Å². The van der Waals surface area contributed by atoms with E-state index in [0.29, 0.717) is 0 Å². The smallest absolute Gasteiger partial charge is 0.128 e. The van der Waals surface area contributed by atoms with Gasteiger partial charge in [-0.15, -0.1) is 11.3 Å². The minimum atomic E-state index is 0.736. The van der Waals surface area contributed by atoms with Crippen LogP contribution in [0, 0.1) is 13.8 Å². The minimum absolute atomic E-state index is 0.736. The Hall–Kier alpha value is -1.46. The fourth-order valence-electron chi connectivity index (χ4n) is 1.88. The molecule has 0 radical (unpaired) electrons. The molecule has 0 fully saturated rings. The van der Waals surface area contributed by atoms with E-state index in [1.165, 1.54) is 4.88 Å². The van der Waals surface area contributed by atoms with Gasteiger partial charge in [0, 0.05) is 41.5 Å². The summed E-state index contributed by atoms with van der Waals surface area (Å²) in [6.45, 7) is 5.61. The lowest BCUT2D eigenvalue weighted by atomic mass is 10.1. The molecule has 2 aromatic heterocycles. The number of aromatic nitrogens is 2. The van der Waals surface area contributed by atoms with Gasteiger partial charge in [-0.1, -0.05) is 0 Å². The second-order valence-electron chi connectivity index (χ2n) is 4.12. The van der Waals surface area contributed by atoms with Crippen LogP contribution in [0.15, 0.2) is 17.9 Å². The van der Waals surface area contributed by atoms with Gasteiger partial charge in [0.05, 0.1) is 18.3 Å². The summed E-state index contributed by atoms with van der Waals surface area (Å²) < 4.78 is 5.39. The average molecular weight is 263 g/mol. The van der Waals surface area contributed by atoms with Crippen molar-refractivity contribution >= 4 is 11.3 Å². The van der Waals surface area contributed by atoms with Crippen LogP contribution in [0.3, 0.4) is 0 Å². The van der Waals surface area contributed by atoms with Crippen molar-refractivity contribution in [1.29, 1.82) is 0 Å². The number of ether oxygens (including phenoxy) is 1. The molecule has 2 heterocycles. The molecule has 0 aliphatic rings. The molecule has 1 N–H and O–H groups in total. The third kappa shape index (κ3) is 2.86. The topological polar surface area (TPSA) is 47.0 Å². The first-order valence-corrected chi connectivity index (χ1v) is 6.67. The van der Waals surface area contributed by atoms with Crippen molar-refractivity contribution in [3.63, 3.8) is 0 Å². The van der Waals surface area contributed by atoms with Crippen molar-refractivity contribution in [2.75, 3.05) is 7.11 Å². The number of hydrogen-bond donors (Lipinski definition) is 1. The van der Waals surface area contributed by atoms with E-state index in [1.807, 2.05) is 31.8 Å². The molecular formula is C13H17N3OS. The van der Waals surface area contributed by atoms with E-state index in [1.54, 1.807) is 18.4 Å². The lowest BCUT2D eigenvalue weighted by Crippen LogP contribution is -2.14. The maximum atomic E-state index is 5.39. The zero-order valence-corrected chi connectivity index (χ0v) is 11.7. The monoisotopic (exact) mass is 263 g/mol. The van der Waals surface area contributed by atoms with Crippen LogP contribution in [0.25, 0.3) is 0 Å². The van der Waals surface area contributed by atoms with E-state index >= 15 is 0 Å². The van der Waals surface area contributed by atoms with E-state index in [0.717, 1.165) is 35.7 Å². The highest BCUT2D eigenvalue weighted by Crippen LogP contribution is 2.23. The van der Waals surface area contributed by atoms with Gasteiger partial charge in [-0.3, -0.25) is 9.97 Å². The standard InChI is InChI=1S/C13H17N3OS/c1-9-4-16-12(10(2)13(9)17-3)7-14-5-11-6-15-8-18-11/h4,6,8,14H,5,7H2,1-3H3. The number of methoxy groups -OCH3 is 1. The van der Waals surface area contributed by atoms with E-state index in [-0.39, 0.29) is 0 Å². The van der Waals surface area contributed by atoms with Crippen LogP contribution in [-0.2, 0) is 13.1 Å². The predicted octanol–water partition coefficient (Wildman–Crippen LogP) is 2.45. The molecule has 4 nitrogen and oxygen atoms in total. The summed E-state index contributed by atoms with van der Waals surface area (Å²) in [5, 5.41) is 3.37. The molecule has 5 heteroatoms. The fourth-order valence-corrected chi connectivity index (χ4v) is 2.45. The van der Waals surface area contributed by atoms with Crippen LogP contribution in [0.2, 0.25) is 0 Å². The number of nitrogens with zero attached hydrogens (tertiary/aromatic N) is 2. The van der Waals surface area contributed by atoms with Gasteiger partial charge in [-0.25, -0.2) is 0 Å². The highest BCUT2D eigenvalue weighted by atomic mass is 32.1. The van der Waals surface area contributed by atoms with Gasteiger partial charge in [-0.2, -0.15) is 0 Å². The zero-order valence-electron chi connectivity index (χ0n) is 10.9. The maximum Gasteiger partial charge on any atom is 0.128 e. The lowest BCUT2D eigenvalue weighted by Gasteiger charge is -2.12. The molecule has 18 heavy (non-hydrogen) atoms. The summed E-state index contributed by atoms with van der Waals surface area (Å²) in [7, 11) is 1.70. The molecule has 96 valence electrons. The van der Waals surface area contributed by atoms with E-state index in [2.05, 4.69) is 15.3 Å². The Morgan fingerprint density at radius 1 is 1.28 bits per heavy atom. The van der Waals surface area contributed by atoms with E-state index < -0.39 is 0 Å². The number of nitrogens with one attached hydrogen (secondary N) is 1. The molecule has 0 aliphatic carbocycles. The molecule has 2 aromatic rings. The highest BCUT2D eigenvalue weighted by Gasteiger charge is 2.08. The lowest BCUT2D eigenvalue weighted by molar-refractivity contribution is 0.406. The number of aryl methyl sites for hydroxylation is 1. The van der Waals surface area contributed by atoms with Gasteiger partial charge < -0.3 is 10.1 Å². The van der Waals surface area contributed by atoms with Crippen molar-refractivity contribution < 1.29 is 4.74 Å². The summed E-state index contributed by atoms with van der Waals surface area (Å²) in [6, 6.07) is 0. The largest absolute Gasteiger partial charge is 0.496 e. The first-order chi connectivity index (χ1) is 8.72.